The molecule has 2 rings (SSSR count). The Balaban J connectivity index is 2.02. The number of ether oxygens (including phenoxy) is 1. The molecular formula is C15H20Cl2N2O2. The van der Waals surface area contributed by atoms with Crippen LogP contribution in [0.4, 0.5) is 5.69 Å². The van der Waals surface area contributed by atoms with Crippen molar-refractivity contribution in [3.63, 3.8) is 0 Å². The van der Waals surface area contributed by atoms with Crippen LogP contribution in [0.25, 0.3) is 0 Å². The maximum absolute atomic E-state index is 12.4. The molecule has 0 radical (unpaired) electrons. The Bertz CT molecular complexity index is 494. The molecule has 1 saturated heterocycles. The first-order chi connectivity index (χ1) is 9.85. The number of carbonyl (C=O) groups is 1. The molecule has 0 aromatic heterocycles. The average Bonchev–Trinajstić information content (AvgIpc) is 2.35. The van der Waals surface area contributed by atoms with Crippen LogP contribution in [0.1, 0.15) is 20.8 Å². The van der Waals surface area contributed by atoms with E-state index in [0.29, 0.717) is 15.7 Å². The summed E-state index contributed by atoms with van der Waals surface area (Å²) in [6, 6.07) is 4.76. The second kappa shape index (κ2) is 6.97. The number of hydrogen-bond donors (Lipinski definition) is 1. The zero-order valence-corrected chi connectivity index (χ0v) is 13.9. The lowest BCUT2D eigenvalue weighted by Gasteiger charge is -2.38. The minimum absolute atomic E-state index is 0.0744. The number of nitrogens with one attached hydrogen (secondary N) is 1. The van der Waals surface area contributed by atoms with Crippen molar-refractivity contribution in [2.75, 3.05) is 18.4 Å². The van der Waals surface area contributed by atoms with Gasteiger partial charge in [0.05, 0.1) is 18.2 Å². The summed E-state index contributed by atoms with van der Waals surface area (Å²) >= 11 is 11.9. The Morgan fingerprint density at radius 2 is 1.76 bits per heavy atom. The Morgan fingerprint density at radius 3 is 2.29 bits per heavy atom. The van der Waals surface area contributed by atoms with Gasteiger partial charge >= 0.3 is 0 Å². The van der Waals surface area contributed by atoms with Crippen molar-refractivity contribution in [1.29, 1.82) is 0 Å². The molecule has 6 heteroatoms. The lowest BCUT2D eigenvalue weighted by molar-refractivity contribution is -0.126. The molecule has 0 aliphatic carbocycles. The molecule has 1 heterocycles. The second-order valence-corrected chi connectivity index (χ2v) is 6.41. The molecule has 1 aromatic carbocycles. The molecule has 0 spiro atoms. The Morgan fingerprint density at radius 1 is 1.24 bits per heavy atom. The number of anilines is 1. The molecule has 1 fully saturated rings. The highest BCUT2D eigenvalue weighted by molar-refractivity contribution is 6.35. The van der Waals surface area contributed by atoms with Crippen LogP contribution in [0.3, 0.4) is 0 Å². The largest absolute Gasteiger partial charge is 0.373 e. The highest BCUT2D eigenvalue weighted by Crippen LogP contribution is 2.23. The SMILES string of the molecule is C[C@@H]1CN([C@@H](C)C(=O)Nc2cc(Cl)cc(Cl)c2)C[C@H](C)O1. The second-order valence-electron chi connectivity index (χ2n) is 5.53. The van der Waals surface area contributed by atoms with Crippen molar-refractivity contribution >= 4 is 34.8 Å². The molecule has 1 N–H and O–H groups in total. The van der Waals surface area contributed by atoms with Gasteiger partial charge in [-0.2, -0.15) is 0 Å². The van der Waals surface area contributed by atoms with Crippen molar-refractivity contribution < 1.29 is 9.53 Å². The maximum atomic E-state index is 12.4. The van der Waals surface area contributed by atoms with Gasteiger partial charge in [-0.1, -0.05) is 23.2 Å². The highest BCUT2D eigenvalue weighted by atomic mass is 35.5. The molecule has 0 bridgehead atoms. The third-order valence-corrected chi connectivity index (χ3v) is 3.94. The minimum atomic E-state index is -0.239. The fourth-order valence-corrected chi connectivity index (χ4v) is 3.10. The van der Waals surface area contributed by atoms with Gasteiger partial charge in [0, 0.05) is 28.8 Å². The number of carbonyl (C=O) groups excluding carboxylic acids is 1. The molecule has 0 unspecified atom stereocenters. The van der Waals surface area contributed by atoms with Crippen LogP contribution in [0.15, 0.2) is 18.2 Å². The van der Waals surface area contributed by atoms with Crippen molar-refractivity contribution in [2.45, 2.75) is 39.0 Å². The summed E-state index contributed by atoms with van der Waals surface area (Å²) in [4.78, 5) is 14.5. The third kappa shape index (κ3) is 4.58. The molecular weight excluding hydrogens is 311 g/mol. The normalized spacial score (nSPS) is 24.6. The predicted molar refractivity (Wildman–Crippen MR) is 86.1 cm³/mol. The van der Waals surface area contributed by atoms with Gasteiger partial charge in [0.1, 0.15) is 0 Å². The van der Waals surface area contributed by atoms with Crippen molar-refractivity contribution in [2.24, 2.45) is 0 Å². The first-order valence-corrected chi connectivity index (χ1v) is 7.77. The number of halogens is 2. The number of amides is 1. The molecule has 0 saturated carbocycles. The smallest absolute Gasteiger partial charge is 0.241 e. The number of morpholine rings is 1. The quantitative estimate of drug-likeness (QED) is 0.923. The van der Waals surface area contributed by atoms with Gasteiger partial charge in [0.2, 0.25) is 5.91 Å². The first-order valence-electron chi connectivity index (χ1n) is 7.01. The molecule has 116 valence electrons. The predicted octanol–water partition coefficient (Wildman–Crippen LogP) is 3.43. The van der Waals surface area contributed by atoms with Crippen LogP contribution in [-0.4, -0.2) is 42.1 Å². The summed E-state index contributed by atoms with van der Waals surface area (Å²) in [6.07, 6.45) is 0.259. The zero-order valence-electron chi connectivity index (χ0n) is 12.4. The van der Waals surface area contributed by atoms with E-state index in [-0.39, 0.29) is 24.2 Å². The molecule has 3 atom stereocenters. The zero-order chi connectivity index (χ0) is 15.6. The number of benzene rings is 1. The number of rotatable bonds is 3. The van der Waals surface area contributed by atoms with Crippen LogP contribution < -0.4 is 5.32 Å². The van der Waals surface area contributed by atoms with Gasteiger partial charge in [0.25, 0.3) is 0 Å². The van der Waals surface area contributed by atoms with Crippen LogP contribution in [-0.2, 0) is 9.53 Å². The fourth-order valence-electron chi connectivity index (χ4n) is 2.57. The number of nitrogens with zero attached hydrogens (tertiary/aromatic N) is 1. The monoisotopic (exact) mass is 330 g/mol. The van der Waals surface area contributed by atoms with Crippen molar-refractivity contribution in [1.82, 2.24) is 4.90 Å². The molecule has 1 amide bonds. The number of hydrogen-bond acceptors (Lipinski definition) is 3. The Hall–Kier alpha value is -0.810. The van der Waals surface area contributed by atoms with Gasteiger partial charge in [-0.3, -0.25) is 9.69 Å². The van der Waals surface area contributed by atoms with E-state index < -0.39 is 0 Å². The standard InChI is InChI=1S/C15H20Cl2N2O2/c1-9-7-19(8-10(2)21-9)11(3)15(20)18-14-5-12(16)4-13(17)6-14/h4-6,9-11H,7-8H2,1-3H3,(H,18,20)/t9-,10+,11-/m0/s1. The fraction of sp³-hybridized carbons (Fsp3) is 0.533. The molecule has 4 nitrogen and oxygen atoms in total. The summed E-state index contributed by atoms with van der Waals surface area (Å²) < 4.78 is 5.69. The topological polar surface area (TPSA) is 41.6 Å². The van der Waals surface area contributed by atoms with E-state index in [1.807, 2.05) is 20.8 Å². The average molecular weight is 331 g/mol. The van der Waals surface area contributed by atoms with E-state index >= 15 is 0 Å². The van der Waals surface area contributed by atoms with Crippen molar-refractivity contribution in [3.8, 4) is 0 Å². The van der Waals surface area contributed by atoms with Gasteiger partial charge < -0.3 is 10.1 Å². The van der Waals surface area contributed by atoms with Gasteiger partial charge in [-0.15, -0.1) is 0 Å². The Labute approximate surface area is 135 Å². The molecule has 1 aromatic rings. The maximum Gasteiger partial charge on any atom is 0.241 e. The van der Waals surface area contributed by atoms with E-state index in [1.165, 1.54) is 0 Å². The van der Waals surface area contributed by atoms with E-state index in [2.05, 4.69) is 10.2 Å². The van der Waals surface area contributed by atoms with Gasteiger partial charge in [-0.05, 0) is 39.0 Å². The summed E-state index contributed by atoms with van der Waals surface area (Å²) in [5, 5.41) is 3.86. The summed E-state index contributed by atoms with van der Waals surface area (Å²) in [5.41, 5.74) is 0.610. The Kier molecular flexibility index (Phi) is 5.49. The van der Waals surface area contributed by atoms with E-state index in [9.17, 15) is 4.79 Å². The molecule has 1 aliphatic rings. The van der Waals surface area contributed by atoms with Crippen LogP contribution in [0.5, 0.6) is 0 Å². The van der Waals surface area contributed by atoms with Gasteiger partial charge in [-0.25, -0.2) is 0 Å². The van der Waals surface area contributed by atoms with E-state index in [0.717, 1.165) is 13.1 Å². The summed E-state index contributed by atoms with van der Waals surface area (Å²) in [6.45, 7) is 7.42. The van der Waals surface area contributed by atoms with Crippen LogP contribution in [0.2, 0.25) is 10.0 Å². The van der Waals surface area contributed by atoms with Crippen LogP contribution in [0, 0.1) is 0 Å². The van der Waals surface area contributed by atoms with E-state index in [4.69, 9.17) is 27.9 Å². The lowest BCUT2D eigenvalue weighted by Crippen LogP contribution is -2.52. The van der Waals surface area contributed by atoms with E-state index in [1.54, 1.807) is 18.2 Å². The van der Waals surface area contributed by atoms with Crippen molar-refractivity contribution in [3.05, 3.63) is 28.2 Å². The summed E-state index contributed by atoms with van der Waals surface area (Å²) in [5.74, 6) is -0.0744. The highest BCUT2D eigenvalue weighted by Gasteiger charge is 2.29. The third-order valence-electron chi connectivity index (χ3n) is 3.51. The first kappa shape index (κ1) is 16.6. The minimum Gasteiger partial charge on any atom is -0.373 e. The molecule has 21 heavy (non-hydrogen) atoms. The van der Waals surface area contributed by atoms with Gasteiger partial charge in [0.15, 0.2) is 0 Å². The molecule has 1 aliphatic heterocycles. The van der Waals surface area contributed by atoms with Crippen LogP contribution >= 0.6 is 23.2 Å². The summed E-state index contributed by atoms with van der Waals surface area (Å²) in [7, 11) is 0. The lowest BCUT2D eigenvalue weighted by atomic mass is 10.1.